The van der Waals surface area contributed by atoms with Crippen LogP contribution in [0.3, 0.4) is 0 Å². The number of hydrogen-bond acceptors (Lipinski definition) is 3. The molecule has 0 amide bonds. The van der Waals surface area contributed by atoms with Crippen LogP contribution in [0.2, 0.25) is 0 Å². The summed E-state index contributed by atoms with van der Waals surface area (Å²) in [7, 11) is 1.68. The number of ether oxygens (including phenoxy) is 3. The van der Waals surface area contributed by atoms with Gasteiger partial charge in [-0.2, -0.15) is 0 Å². The predicted octanol–water partition coefficient (Wildman–Crippen LogP) is 2.51. The van der Waals surface area contributed by atoms with Crippen molar-refractivity contribution in [3.63, 3.8) is 0 Å². The number of methoxy groups -OCH3 is 1. The summed E-state index contributed by atoms with van der Waals surface area (Å²) in [5.74, 6) is 0.873. The number of para-hydroxylation sites is 1. The molecule has 0 radical (unpaired) electrons. The maximum atomic E-state index is 5.57. The highest BCUT2D eigenvalue weighted by Crippen LogP contribution is 2.09. The van der Waals surface area contributed by atoms with E-state index in [2.05, 4.69) is 0 Å². The first-order chi connectivity index (χ1) is 7.72. The summed E-state index contributed by atoms with van der Waals surface area (Å²) >= 11 is 0. The van der Waals surface area contributed by atoms with Crippen LogP contribution in [0.4, 0.5) is 0 Å². The normalized spacial score (nSPS) is 14.4. The quantitative estimate of drug-likeness (QED) is 0.712. The van der Waals surface area contributed by atoms with E-state index in [9.17, 15) is 0 Å². The molecule has 0 N–H and O–H groups in total. The zero-order valence-electron chi connectivity index (χ0n) is 10.2. The third kappa shape index (κ3) is 5.14. The molecule has 0 aliphatic rings. The van der Waals surface area contributed by atoms with Crippen molar-refractivity contribution in [2.24, 2.45) is 0 Å². The van der Waals surface area contributed by atoms with Gasteiger partial charge in [-0.05, 0) is 26.0 Å². The molecule has 1 aromatic carbocycles. The Hall–Kier alpha value is -1.06. The lowest BCUT2D eigenvalue weighted by molar-refractivity contribution is -0.0276. The Morgan fingerprint density at radius 3 is 2.31 bits per heavy atom. The average molecular weight is 224 g/mol. The van der Waals surface area contributed by atoms with Gasteiger partial charge in [-0.25, -0.2) is 0 Å². The van der Waals surface area contributed by atoms with Crippen LogP contribution in [0.15, 0.2) is 30.3 Å². The van der Waals surface area contributed by atoms with Crippen molar-refractivity contribution < 1.29 is 14.2 Å². The van der Waals surface area contributed by atoms with Gasteiger partial charge in [0.1, 0.15) is 12.4 Å². The van der Waals surface area contributed by atoms with E-state index in [1.807, 2.05) is 44.2 Å². The summed E-state index contributed by atoms with van der Waals surface area (Å²) in [5.41, 5.74) is 0. The van der Waals surface area contributed by atoms with Crippen molar-refractivity contribution in [3.8, 4) is 5.75 Å². The molecule has 90 valence electrons. The number of rotatable bonds is 7. The minimum Gasteiger partial charge on any atom is -0.491 e. The van der Waals surface area contributed by atoms with Crippen molar-refractivity contribution in [2.45, 2.75) is 26.1 Å². The van der Waals surface area contributed by atoms with E-state index in [0.717, 1.165) is 5.75 Å². The van der Waals surface area contributed by atoms with E-state index in [-0.39, 0.29) is 12.2 Å². The lowest BCUT2D eigenvalue weighted by Gasteiger charge is -2.16. The summed E-state index contributed by atoms with van der Waals surface area (Å²) in [4.78, 5) is 0. The molecule has 2 atom stereocenters. The number of benzene rings is 1. The van der Waals surface area contributed by atoms with E-state index < -0.39 is 0 Å². The van der Waals surface area contributed by atoms with Crippen molar-refractivity contribution in [1.29, 1.82) is 0 Å². The van der Waals surface area contributed by atoms with E-state index in [1.54, 1.807) is 7.11 Å². The van der Waals surface area contributed by atoms with Gasteiger partial charge in [0.2, 0.25) is 0 Å². The van der Waals surface area contributed by atoms with Crippen LogP contribution >= 0.6 is 0 Å². The van der Waals surface area contributed by atoms with Gasteiger partial charge in [0.25, 0.3) is 0 Å². The fraction of sp³-hybridized carbons (Fsp3) is 0.538. The largest absolute Gasteiger partial charge is 0.491 e. The lowest BCUT2D eigenvalue weighted by atomic mass is 10.3. The van der Waals surface area contributed by atoms with Crippen molar-refractivity contribution >= 4 is 0 Å². The Morgan fingerprint density at radius 1 is 1.00 bits per heavy atom. The molecule has 0 spiro atoms. The lowest BCUT2D eigenvalue weighted by Crippen LogP contribution is -2.23. The van der Waals surface area contributed by atoms with Crippen LogP contribution in [0.25, 0.3) is 0 Å². The molecule has 0 bridgehead atoms. The minimum absolute atomic E-state index is 0.0674. The highest BCUT2D eigenvalue weighted by molar-refractivity contribution is 5.20. The fourth-order valence-electron chi connectivity index (χ4n) is 1.15. The smallest absolute Gasteiger partial charge is 0.119 e. The standard InChI is InChI=1S/C13H20O3/c1-11(14-3)9-15-12(2)10-16-13-7-5-4-6-8-13/h4-8,11-12H,9-10H2,1-3H3. The average Bonchev–Trinajstić information content (AvgIpc) is 2.34. The molecule has 3 nitrogen and oxygen atoms in total. The first-order valence-electron chi connectivity index (χ1n) is 5.54. The summed E-state index contributed by atoms with van der Waals surface area (Å²) in [5, 5.41) is 0. The fourth-order valence-corrected chi connectivity index (χ4v) is 1.15. The number of hydrogen-bond donors (Lipinski definition) is 0. The molecule has 1 rings (SSSR count). The van der Waals surface area contributed by atoms with Crippen LogP contribution in [0.1, 0.15) is 13.8 Å². The van der Waals surface area contributed by atoms with E-state index in [4.69, 9.17) is 14.2 Å². The highest BCUT2D eigenvalue weighted by Gasteiger charge is 2.06. The molecule has 0 heterocycles. The van der Waals surface area contributed by atoms with Gasteiger partial charge >= 0.3 is 0 Å². The van der Waals surface area contributed by atoms with Gasteiger partial charge in [-0.15, -0.1) is 0 Å². The van der Waals surface area contributed by atoms with Crippen LogP contribution in [0, 0.1) is 0 Å². The molecular formula is C13H20O3. The topological polar surface area (TPSA) is 27.7 Å². The molecule has 2 unspecified atom stereocenters. The summed E-state index contributed by atoms with van der Waals surface area (Å²) in [6.07, 6.45) is 0.192. The molecule has 0 saturated carbocycles. The maximum absolute atomic E-state index is 5.57. The van der Waals surface area contributed by atoms with Gasteiger partial charge < -0.3 is 14.2 Å². The highest BCUT2D eigenvalue weighted by atomic mass is 16.6. The van der Waals surface area contributed by atoms with Crippen LogP contribution in [0.5, 0.6) is 5.75 Å². The van der Waals surface area contributed by atoms with Crippen LogP contribution in [-0.2, 0) is 9.47 Å². The molecule has 1 aromatic rings. The summed E-state index contributed by atoms with van der Waals surface area (Å²) in [6, 6.07) is 9.74. The molecule has 3 heteroatoms. The SMILES string of the molecule is COC(C)COC(C)COc1ccccc1. The molecule has 0 fully saturated rings. The predicted molar refractivity (Wildman–Crippen MR) is 63.8 cm³/mol. The summed E-state index contributed by atoms with van der Waals surface area (Å²) in [6.45, 7) is 5.12. The first-order valence-corrected chi connectivity index (χ1v) is 5.54. The van der Waals surface area contributed by atoms with Gasteiger partial charge in [0.05, 0.1) is 18.8 Å². The van der Waals surface area contributed by atoms with Crippen molar-refractivity contribution in [1.82, 2.24) is 0 Å². The molecule has 0 aromatic heterocycles. The van der Waals surface area contributed by atoms with Gasteiger partial charge in [-0.3, -0.25) is 0 Å². The van der Waals surface area contributed by atoms with Crippen LogP contribution in [-0.4, -0.2) is 32.5 Å². The van der Waals surface area contributed by atoms with Crippen LogP contribution < -0.4 is 4.74 Å². The van der Waals surface area contributed by atoms with E-state index >= 15 is 0 Å². The maximum Gasteiger partial charge on any atom is 0.119 e. The Labute approximate surface area is 97.3 Å². The van der Waals surface area contributed by atoms with E-state index in [0.29, 0.717) is 13.2 Å². The van der Waals surface area contributed by atoms with Gasteiger partial charge in [-0.1, -0.05) is 18.2 Å². The van der Waals surface area contributed by atoms with Gasteiger partial charge in [0, 0.05) is 7.11 Å². The third-order valence-corrected chi connectivity index (χ3v) is 2.25. The third-order valence-electron chi connectivity index (χ3n) is 2.25. The second-order valence-electron chi connectivity index (χ2n) is 3.81. The molecule has 0 aliphatic carbocycles. The van der Waals surface area contributed by atoms with Crippen molar-refractivity contribution in [3.05, 3.63) is 30.3 Å². The molecule has 16 heavy (non-hydrogen) atoms. The summed E-state index contributed by atoms with van der Waals surface area (Å²) < 4.78 is 16.2. The second kappa shape index (κ2) is 7.25. The zero-order chi connectivity index (χ0) is 11.8. The molecule has 0 saturated heterocycles. The second-order valence-corrected chi connectivity index (χ2v) is 3.81. The monoisotopic (exact) mass is 224 g/mol. The minimum atomic E-state index is 0.0674. The Morgan fingerprint density at radius 2 is 1.69 bits per heavy atom. The van der Waals surface area contributed by atoms with Gasteiger partial charge in [0.15, 0.2) is 0 Å². The van der Waals surface area contributed by atoms with E-state index in [1.165, 1.54) is 0 Å². The zero-order valence-corrected chi connectivity index (χ0v) is 10.2. The van der Waals surface area contributed by atoms with Crippen molar-refractivity contribution in [2.75, 3.05) is 20.3 Å². The Kier molecular flexibility index (Phi) is 5.90. The molecule has 0 aliphatic heterocycles. The Bertz CT molecular complexity index is 274. The first kappa shape index (κ1) is 13.0. The Balaban J connectivity index is 2.18. The molecular weight excluding hydrogens is 204 g/mol.